The zero-order chi connectivity index (χ0) is 20.2. The normalized spacial score (nSPS) is 17.5. The van der Waals surface area contributed by atoms with Crippen LogP contribution < -0.4 is 5.32 Å². The Morgan fingerprint density at radius 1 is 1.28 bits per heavy atom. The lowest BCUT2D eigenvalue weighted by Crippen LogP contribution is -2.34. The van der Waals surface area contributed by atoms with Gasteiger partial charge in [0.1, 0.15) is 5.82 Å². The van der Waals surface area contributed by atoms with Crippen LogP contribution in [0, 0.1) is 5.82 Å². The van der Waals surface area contributed by atoms with E-state index in [2.05, 4.69) is 21.3 Å². The first-order valence-corrected chi connectivity index (χ1v) is 10.1. The van der Waals surface area contributed by atoms with Crippen LogP contribution in [0.25, 0.3) is 11.0 Å². The number of benzene rings is 1. The molecule has 1 saturated heterocycles. The molecular formula is C22H26FN5O. The molecule has 152 valence electrons. The number of likely N-dealkylation sites (tertiary alicyclic amines) is 1. The topological polar surface area (TPSA) is 63.1 Å². The Labute approximate surface area is 169 Å². The zero-order valence-corrected chi connectivity index (χ0v) is 16.6. The standard InChI is InChI=1S/C22H26FN5O/c1-16(29)24-11-13-28-22-19(8-4-10-25-22)21(26-28)18-7-5-12-27(15-18)14-17-6-2-3-9-20(17)23/h2-4,6,8-10,18H,5,7,11-15H2,1H3,(H,24,29)/t18-/m0/s1. The number of piperidine rings is 1. The molecule has 6 nitrogen and oxygen atoms in total. The zero-order valence-electron chi connectivity index (χ0n) is 16.6. The maximum Gasteiger partial charge on any atom is 0.216 e. The van der Waals surface area contributed by atoms with Gasteiger partial charge in [0.05, 0.1) is 12.2 Å². The lowest BCUT2D eigenvalue weighted by atomic mass is 9.93. The van der Waals surface area contributed by atoms with Crippen LogP contribution in [0.1, 0.15) is 36.9 Å². The molecule has 1 fully saturated rings. The van der Waals surface area contributed by atoms with Crippen LogP contribution in [0.2, 0.25) is 0 Å². The molecule has 0 radical (unpaired) electrons. The fraction of sp³-hybridized carbons (Fsp3) is 0.409. The quantitative estimate of drug-likeness (QED) is 0.697. The van der Waals surface area contributed by atoms with E-state index in [1.807, 2.05) is 22.9 Å². The van der Waals surface area contributed by atoms with Gasteiger partial charge in [-0.25, -0.2) is 14.1 Å². The van der Waals surface area contributed by atoms with Crippen LogP contribution in [0.4, 0.5) is 4.39 Å². The van der Waals surface area contributed by atoms with Crippen molar-refractivity contribution >= 4 is 16.9 Å². The molecular weight excluding hydrogens is 369 g/mol. The van der Waals surface area contributed by atoms with Crippen molar-refractivity contribution < 1.29 is 9.18 Å². The number of amides is 1. The average molecular weight is 395 g/mol. The molecule has 0 spiro atoms. The molecule has 7 heteroatoms. The molecule has 29 heavy (non-hydrogen) atoms. The lowest BCUT2D eigenvalue weighted by Gasteiger charge is -2.32. The van der Waals surface area contributed by atoms with Gasteiger partial charge in [0.25, 0.3) is 0 Å². The Morgan fingerprint density at radius 2 is 2.14 bits per heavy atom. The molecule has 1 aliphatic rings. The predicted molar refractivity (Wildman–Crippen MR) is 110 cm³/mol. The summed E-state index contributed by atoms with van der Waals surface area (Å²) in [5.74, 6) is 0.0847. The molecule has 0 unspecified atom stereocenters. The lowest BCUT2D eigenvalue weighted by molar-refractivity contribution is -0.118. The van der Waals surface area contributed by atoms with Crippen molar-refractivity contribution in [3.05, 3.63) is 59.7 Å². The molecule has 3 heterocycles. The molecule has 0 bridgehead atoms. The largest absolute Gasteiger partial charge is 0.354 e. The van der Waals surface area contributed by atoms with E-state index in [-0.39, 0.29) is 17.6 Å². The van der Waals surface area contributed by atoms with Crippen molar-refractivity contribution in [3.8, 4) is 0 Å². The summed E-state index contributed by atoms with van der Waals surface area (Å²) < 4.78 is 16.0. The smallest absolute Gasteiger partial charge is 0.216 e. The van der Waals surface area contributed by atoms with Crippen molar-refractivity contribution in [2.75, 3.05) is 19.6 Å². The maximum absolute atomic E-state index is 14.1. The minimum absolute atomic E-state index is 0.0503. The third-order valence-electron chi connectivity index (χ3n) is 5.48. The van der Waals surface area contributed by atoms with Gasteiger partial charge in [0.2, 0.25) is 5.91 Å². The van der Waals surface area contributed by atoms with Crippen molar-refractivity contribution in [1.29, 1.82) is 0 Å². The summed E-state index contributed by atoms with van der Waals surface area (Å²) in [4.78, 5) is 18.0. The van der Waals surface area contributed by atoms with Gasteiger partial charge in [-0.15, -0.1) is 0 Å². The molecule has 2 aromatic heterocycles. The number of fused-ring (bicyclic) bond motifs is 1. The predicted octanol–water partition coefficient (Wildman–Crippen LogP) is 3.09. The second-order valence-corrected chi connectivity index (χ2v) is 7.63. The van der Waals surface area contributed by atoms with E-state index in [4.69, 9.17) is 5.10 Å². The number of hydrogen-bond donors (Lipinski definition) is 1. The molecule has 4 rings (SSSR count). The van der Waals surface area contributed by atoms with E-state index in [1.54, 1.807) is 12.3 Å². The van der Waals surface area contributed by atoms with Crippen LogP contribution in [0.15, 0.2) is 42.6 Å². The SMILES string of the molecule is CC(=O)NCCn1nc([C@H]2CCCN(Cc3ccccc3F)C2)c2cccnc21. The van der Waals surface area contributed by atoms with Crippen LogP contribution in [0.5, 0.6) is 0 Å². The molecule has 1 N–H and O–H groups in total. The van der Waals surface area contributed by atoms with Gasteiger partial charge >= 0.3 is 0 Å². The van der Waals surface area contributed by atoms with Gasteiger partial charge in [-0.3, -0.25) is 9.69 Å². The first kappa shape index (κ1) is 19.5. The Kier molecular flexibility index (Phi) is 5.85. The fourth-order valence-corrected chi connectivity index (χ4v) is 4.12. The monoisotopic (exact) mass is 395 g/mol. The van der Waals surface area contributed by atoms with E-state index in [9.17, 15) is 9.18 Å². The number of carbonyl (C=O) groups is 1. The number of pyridine rings is 1. The molecule has 0 saturated carbocycles. The third-order valence-corrected chi connectivity index (χ3v) is 5.48. The number of carbonyl (C=O) groups excluding carboxylic acids is 1. The van der Waals surface area contributed by atoms with Crippen molar-refractivity contribution in [2.24, 2.45) is 0 Å². The number of rotatable bonds is 6. The Balaban J connectivity index is 1.54. The molecule has 1 aliphatic heterocycles. The average Bonchev–Trinajstić information content (AvgIpc) is 3.09. The number of aromatic nitrogens is 3. The minimum Gasteiger partial charge on any atom is -0.354 e. The third kappa shape index (κ3) is 4.45. The summed E-state index contributed by atoms with van der Waals surface area (Å²) in [6.45, 7) is 5.04. The summed E-state index contributed by atoms with van der Waals surface area (Å²) in [7, 11) is 0. The van der Waals surface area contributed by atoms with Crippen LogP contribution in [-0.4, -0.2) is 45.2 Å². The first-order valence-electron chi connectivity index (χ1n) is 10.1. The van der Waals surface area contributed by atoms with Gasteiger partial charge in [-0.05, 0) is 37.6 Å². The van der Waals surface area contributed by atoms with Crippen LogP contribution in [-0.2, 0) is 17.9 Å². The van der Waals surface area contributed by atoms with Gasteiger partial charge in [0.15, 0.2) is 5.65 Å². The number of hydrogen-bond acceptors (Lipinski definition) is 4. The summed E-state index contributed by atoms with van der Waals surface area (Å²) in [5, 5.41) is 8.75. The van der Waals surface area contributed by atoms with Crippen molar-refractivity contribution in [2.45, 2.75) is 38.8 Å². The second-order valence-electron chi connectivity index (χ2n) is 7.63. The van der Waals surface area contributed by atoms with Crippen LogP contribution >= 0.6 is 0 Å². The summed E-state index contributed by atoms with van der Waals surface area (Å²) >= 11 is 0. The Bertz CT molecular complexity index is 1000. The van der Waals surface area contributed by atoms with Gasteiger partial charge in [0, 0.05) is 49.6 Å². The summed E-state index contributed by atoms with van der Waals surface area (Å²) in [6, 6.07) is 11.0. The molecule has 1 aromatic carbocycles. The van der Waals surface area contributed by atoms with E-state index in [0.29, 0.717) is 19.6 Å². The van der Waals surface area contributed by atoms with Gasteiger partial charge in [-0.2, -0.15) is 5.10 Å². The highest BCUT2D eigenvalue weighted by Gasteiger charge is 2.26. The highest BCUT2D eigenvalue weighted by molar-refractivity contribution is 5.79. The highest BCUT2D eigenvalue weighted by Crippen LogP contribution is 2.31. The molecule has 3 aromatic rings. The minimum atomic E-state index is -0.147. The Morgan fingerprint density at radius 3 is 2.97 bits per heavy atom. The Hall–Kier alpha value is -2.80. The van der Waals surface area contributed by atoms with Gasteiger partial charge in [-0.1, -0.05) is 18.2 Å². The van der Waals surface area contributed by atoms with E-state index < -0.39 is 0 Å². The van der Waals surface area contributed by atoms with Gasteiger partial charge < -0.3 is 5.32 Å². The number of nitrogens with one attached hydrogen (secondary N) is 1. The molecule has 1 atom stereocenters. The molecule has 0 aliphatic carbocycles. The van der Waals surface area contributed by atoms with Crippen molar-refractivity contribution in [1.82, 2.24) is 25.0 Å². The van der Waals surface area contributed by atoms with E-state index >= 15 is 0 Å². The number of halogens is 1. The second kappa shape index (κ2) is 8.69. The van der Waals surface area contributed by atoms with Crippen LogP contribution in [0.3, 0.4) is 0 Å². The number of nitrogens with zero attached hydrogens (tertiary/aromatic N) is 4. The summed E-state index contributed by atoms with van der Waals surface area (Å²) in [5.41, 5.74) is 2.63. The maximum atomic E-state index is 14.1. The first-order chi connectivity index (χ1) is 14.1. The summed E-state index contributed by atoms with van der Waals surface area (Å²) in [6.07, 6.45) is 3.88. The fourth-order valence-electron chi connectivity index (χ4n) is 4.12. The van der Waals surface area contributed by atoms with E-state index in [1.165, 1.54) is 13.0 Å². The highest BCUT2D eigenvalue weighted by atomic mass is 19.1. The molecule has 1 amide bonds. The van der Waals surface area contributed by atoms with Crippen molar-refractivity contribution in [3.63, 3.8) is 0 Å². The van der Waals surface area contributed by atoms with E-state index in [0.717, 1.165) is 48.2 Å².